The zero-order chi connectivity index (χ0) is 11.3. The Morgan fingerprint density at radius 1 is 1.53 bits per heavy atom. The molecule has 0 aliphatic rings. The third-order valence-corrected chi connectivity index (χ3v) is 2.75. The van der Waals surface area contributed by atoms with Gasteiger partial charge in [0.25, 0.3) is 10.0 Å². The molecule has 1 aromatic heterocycles. The topological polar surface area (TPSA) is 85.1 Å². The number of hydrogen-bond acceptors (Lipinski definition) is 4. The first kappa shape index (κ1) is 11.9. The number of sulfonamides is 1. The van der Waals surface area contributed by atoms with E-state index in [1.165, 1.54) is 6.20 Å². The van der Waals surface area contributed by atoms with E-state index in [0.29, 0.717) is 12.2 Å². The first-order valence-corrected chi connectivity index (χ1v) is 6.32. The van der Waals surface area contributed by atoms with E-state index in [4.69, 9.17) is 5.14 Å². The summed E-state index contributed by atoms with van der Waals surface area (Å²) in [5, 5.41) is 7.93. The minimum atomic E-state index is -3.74. The molecule has 0 bridgehead atoms. The zero-order valence-corrected chi connectivity index (χ0v) is 9.42. The molecular formula is C9H15N3O2S. The molecule has 1 rings (SSSR count). The highest BCUT2D eigenvalue weighted by molar-refractivity contribution is 7.89. The lowest BCUT2D eigenvalue weighted by atomic mass is 10.3. The lowest BCUT2D eigenvalue weighted by Gasteiger charge is -2.08. The maximum absolute atomic E-state index is 11.2. The fourth-order valence-corrected chi connectivity index (χ4v) is 1.81. The van der Waals surface area contributed by atoms with Crippen LogP contribution in [0.15, 0.2) is 23.4 Å². The first-order valence-electron chi connectivity index (χ1n) is 4.77. The Morgan fingerprint density at radius 3 is 2.87 bits per heavy atom. The van der Waals surface area contributed by atoms with Crippen molar-refractivity contribution in [3.63, 3.8) is 0 Å². The number of primary sulfonamides is 1. The summed E-state index contributed by atoms with van der Waals surface area (Å²) in [5.74, 6) is 0. The first-order chi connectivity index (χ1) is 7.05. The standard InChI is InChI=1S/C9H15N3O2S/c1-2-3-6-11-8-5-4-7-12-9(8)15(10,13)14/h4-5,7,11H,2-3,6H2,1H3,(H2,10,13,14). The van der Waals surface area contributed by atoms with Crippen molar-refractivity contribution in [2.24, 2.45) is 5.14 Å². The number of nitrogens with zero attached hydrogens (tertiary/aromatic N) is 1. The summed E-state index contributed by atoms with van der Waals surface area (Å²) in [6.45, 7) is 2.77. The number of nitrogens with two attached hydrogens (primary N) is 1. The SMILES string of the molecule is CCCCNc1cccnc1S(N)(=O)=O. The van der Waals surface area contributed by atoms with Gasteiger partial charge in [0, 0.05) is 12.7 Å². The van der Waals surface area contributed by atoms with Crippen molar-refractivity contribution >= 4 is 15.7 Å². The monoisotopic (exact) mass is 229 g/mol. The van der Waals surface area contributed by atoms with Gasteiger partial charge in [0.15, 0.2) is 5.03 Å². The fraction of sp³-hybridized carbons (Fsp3) is 0.444. The highest BCUT2D eigenvalue weighted by Gasteiger charge is 2.14. The lowest BCUT2D eigenvalue weighted by Crippen LogP contribution is -2.17. The van der Waals surface area contributed by atoms with Crippen molar-refractivity contribution in [3.8, 4) is 0 Å². The number of hydrogen-bond donors (Lipinski definition) is 2. The molecule has 0 atom stereocenters. The van der Waals surface area contributed by atoms with Crippen LogP contribution in [0.3, 0.4) is 0 Å². The maximum Gasteiger partial charge on any atom is 0.257 e. The summed E-state index contributed by atoms with van der Waals surface area (Å²) in [7, 11) is -3.74. The van der Waals surface area contributed by atoms with Crippen LogP contribution < -0.4 is 10.5 Å². The van der Waals surface area contributed by atoms with Gasteiger partial charge in [-0.15, -0.1) is 0 Å². The maximum atomic E-state index is 11.2. The van der Waals surface area contributed by atoms with Crippen LogP contribution in [0, 0.1) is 0 Å². The van der Waals surface area contributed by atoms with Crippen LogP contribution in [0.2, 0.25) is 0 Å². The molecule has 5 nitrogen and oxygen atoms in total. The van der Waals surface area contributed by atoms with Gasteiger partial charge in [-0.2, -0.15) is 0 Å². The van der Waals surface area contributed by atoms with Gasteiger partial charge in [-0.3, -0.25) is 0 Å². The normalized spacial score (nSPS) is 11.3. The van der Waals surface area contributed by atoms with Crippen LogP contribution in [-0.2, 0) is 10.0 Å². The molecule has 3 N–H and O–H groups in total. The van der Waals surface area contributed by atoms with Crippen LogP contribution in [0.25, 0.3) is 0 Å². The number of nitrogens with one attached hydrogen (secondary N) is 1. The summed E-state index contributed by atoms with van der Waals surface area (Å²) in [6, 6.07) is 3.32. The summed E-state index contributed by atoms with van der Waals surface area (Å²) in [6.07, 6.45) is 3.42. The highest BCUT2D eigenvalue weighted by Crippen LogP contribution is 2.16. The number of anilines is 1. The second kappa shape index (κ2) is 5.09. The Kier molecular flexibility index (Phi) is 4.05. The lowest BCUT2D eigenvalue weighted by molar-refractivity contribution is 0.594. The largest absolute Gasteiger partial charge is 0.383 e. The Balaban J connectivity index is 2.88. The fourth-order valence-electron chi connectivity index (χ4n) is 1.15. The van der Waals surface area contributed by atoms with Gasteiger partial charge >= 0.3 is 0 Å². The summed E-state index contributed by atoms with van der Waals surface area (Å²) < 4.78 is 22.3. The van der Waals surface area contributed by atoms with E-state index in [1.54, 1.807) is 12.1 Å². The summed E-state index contributed by atoms with van der Waals surface area (Å²) in [4.78, 5) is 3.75. The Hall–Kier alpha value is -1.14. The third-order valence-electron chi connectivity index (χ3n) is 1.89. The number of aromatic nitrogens is 1. The van der Waals surface area contributed by atoms with Crippen LogP contribution in [0.1, 0.15) is 19.8 Å². The van der Waals surface area contributed by atoms with E-state index in [-0.39, 0.29) is 5.03 Å². The van der Waals surface area contributed by atoms with E-state index in [9.17, 15) is 8.42 Å². The predicted molar refractivity (Wildman–Crippen MR) is 59.0 cm³/mol. The van der Waals surface area contributed by atoms with Gasteiger partial charge in [0.1, 0.15) is 0 Å². The molecule has 0 saturated carbocycles. The highest BCUT2D eigenvalue weighted by atomic mass is 32.2. The van der Waals surface area contributed by atoms with Crippen molar-refractivity contribution in [2.45, 2.75) is 24.8 Å². The number of pyridine rings is 1. The molecule has 6 heteroatoms. The minimum absolute atomic E-state index is 0.0962. The van der Waals surface area contributed by atoms with Crippen LogP contribution >= 0.6 is 0 Å². The van der Waals surface area contributed by atoms with E-state index in [2.05, 4.69) is 17.2 Å². The van der Waals surface area contributed by atoms with Crippen LogP contribution in [0.5, 0.6) is 0 Å². The van der Waals surface area contributed by atoms with Gasteiger partial charge in [-0.1, -0.05) is 13.3 Å². The van der Waals surface area contributed by atoms with Gasteiger partial charge in [-0.25, -0.2) is 18.5 Å². The molecule has 0 spiro atoms. The minimum Gasteiger partial charge on any atom is -0.383 e. The van der Waals surface area contributed by atoms with Gasteiger partial charge in [-0.05, 0) is 18.6 Å². The molecule has 0 aliphatic carbocycles. The molecule has 0 unspecified atom stereocenters. The average molecular weight is 229 g/mol. The molecule has 1 aromatic rings. The Labute approximate surface area is 89.8 Å². The zero-order valence-electron chi connectivity index (χ0n) is 8.60. The second-order valence-corrected chi connectivity index (χ2v) is 4.66. The molecule has 0 aliphatic heterocycles. The quantitative estimate of drug-likeness (QED) is 0.736. The molecule has 0 saturated heterocycles. The van der Waals surface area contributed by atoms with Gasteiger partial charge in [0.2, 0.25) is 0 Å². The van der Waals surface area contributed by atoms with Gasteiger partial charge < -0.3 is 5.32 Å². The Morgan fingerprint density at radius 2 is 2.27 bits per heavy atom. The van der Waals surface area contributed by atoms with Crippen molar-refractivity contribution in [2.75, 3.05) is 11.9 Å². The molecule has 84 valence electrons. The van der Waals surface area contributed by atoms with Crippen LogP contribution in [0.4, 0.5) is 5.69 Å². The van der Waals surface area contributed by atoms with Crippen molar-refractivity contribution < 1.29 is 8.42 Å². The van der Waals surface area contributed by atoms with Gasteiger partial charge in [0.05, 0.1) is 5.69 Å². The molecule has 0 radical (unpaired) electrons. The molecule has 0 fully saturated rings. The molecular weight excluding hydrogens is 214 g/mol. The molecule has 0 amide bonds. The Bertz CT molecular complexity index is 417. The third kappa shape index (κ3) is 3.49. The second-order valence-electron chi connectivity index (χ2n) is 3.18. The molecule has 0 aromatic carbocycles. The number of unbranched alkanes of at least 4 members (excludes halogenated alkanes) is 1. The predicted octanol–water partition coefficient (Wildman–Crippen LogP) is 0.941. The van der Waals surface area contributed by atoms with Crippen molar-refractivity contribution in [1.82, 2.24) is 4.98 Å². The molecule has 15 heavy (non-hydrogen) atoms. The van der Waals surface area contributed by atoms with E-state index in [0.717, 1.165) is 12.8 Å². The summed E-state index contributed by atoms with van der Waals surface area (Å²) >= 11 is 0. The van der Waals surface area contributed by atoms with E-state index >= 15 is 0 Å². The van der Waals surface area contributed by atoms with Crippen molar-refractivity contribution in [3.05, 3.63) is 18.3 Å². The van der Waals surface area contributed by atoms with Crippen molar-refractivity contribution in [1.29, 1.82) is 0 Å². The number of rotatable bonds is 5. The summed E-state index contributed by atoms with van der Waals surface area (Å²) in [5.41, 5.74) is 0.466. The average Bonchev–Trinajstić information content (AvgIpc) is 2.17. The van der Waals surface area contributed by atoms with E-state index < -0.39 is 10.0 Å². The van der Waals surface area contributed by atoms with E-state index in [1.807, 2.05) is 0 Å². The molecule has 1 heterocycles. The smallest absolute Gasteiger partial charge is 0.257 e. The van der Waals surface area contributed by atoms with Crippen LogP contribution in [-0.4, -0.2) is 19.9 Å².